The van der Waals surface area contributed by atoms with Crippen LogP contribution in [0.3, 0.4) is 0 Å². The molecule has 0 aliphatic heterocycles. The van der Waals surface area contributed by atoms with E-state index in [4.69, 9.17) is 0 Å². The van der Waals surface area contributed by atoms with Gasteiger partial charge in [0.25, 0.3) is 0 Å². The molecule has 1 amide bonds. The Morgan fingerprint density at radius 3 is 2.65 bits per heavy atom. The van der Waals surface area contributed by atoms with Gasteiger partial charge in [0.1, 0.15) is 0 Å². The lowest BCUT2D eigenvalue weighted by molar-refractivity contribution is -0.127. The number of aliphatic hydroxyl groups is 1. The Bertz CT molecular complexity index is 339. The highest BCUT2D eigenvalue weighted by molar-refractivity contribution is 5.80. The summed E-state index contributed by atoms with van der Waals surface area (Å²) in [7, 11) is 0. The molecule has 17 heavy (non-hydrogen) atoms. The summed E-state index contributed by atoms with van der Waals surface area (Å²) < 4.78 is 0. The van der Waals surface area contributed by atoms with Crippen molar-refractivity contribution < 1.29 is 9.90 Å². The first kappa shape index (κ1) is 11.3. The molecule has 0 aromatic carbocycles. The van der Waals surface area contributed by atoms with Gasteiger partial charge < -0.3 is 10.4 Å². The number of carbonyl (C=O) groups is 1. The smallest absolute Gasteiger partial charge is 0.224 e. The summed E-state index contributed by atoms with van der Waals surface area (Å²) in [6.45, 7) is 0. The van der Waals surface area contributed by atoms with Crippen LogP contribution in [0.5, 0.6) is 0 Å². The standard InChI is InChI=1S/C14H21NO2/c16-13-4-2-1-3-12(13)15-14(17)11-8-9-5-6-10(11)7-9/h5-6,9-13,16H,1-4,7-8H2,(H,15,17)/t9?,10?,11?,12-,13-/m0/s1. The summed E-state index contributed by atoms with van der Waals surface area (Å²) >= 11 is 0. The summed E-state index contributed by atoms with van der Waals surface area (Å²) in [4.78, 5) is 12.2. The summed E-state index contributed by atoms with van der Waals surface area (Å²) in [6, 6.07) is -0.000596. The second-order valence-electron chi connectivity index (χ2n) is 5.85. The van der Waals surface area contributed by atoms with Crippen LogP contribution in [0.15, 0.2) is 12.2 Å². The molecular formula is C14H21NO2. The summed E-state index contributed by atoms with van der Waals surface area (Å²) in [5.41, 5.74) is 0. The van der Waals surface area contributed by atoms with E-state index in [2.05, 4.69) is 17.5 Å². The van der Waals surface area contributed by atoms with Crippen LogP contribution in [0.4, 0.5) is 0 Å². The summed E-state index contributed by atoms with van der Waals surface area (Å²) in [5.74, 6) is 1.43. The topological polar surface area (TPSA) is 49.3 Å². The van der Waals surface area contributed by atoms with Gasteiger partial charge in [-0.2, -0.15) is 0 Å². The van der Waals surface area contributed by atoms with E-state index in [1.54, 1.807) is 0 Å². The molecule has 2 N–H and O–H groups in total. The Labute approximate surface area is 102 Å². The highest BCUT2D eigenvalue weighted by Crippen LogP contribution is 2.43. The zero-order valence-electron chi connectivity index (χ0n) is 10.1. The van der Waals surface area contributed by atoms with Crippen molar-refractivity contribution in [1.29, 1.82) is 0 Å². The highest BCUT2D eigenvalue weighted by atomic mass is 16.3. The third-order valence-corrected chi connectivity index (χ3v) is 4.67. The van der Waals surface area contributed by atoms with Crippen LogP contribution >= 0.6 is 0 Å². The second kappa shape index (κ2) is 4.45. The maximum absolute atomic E-state index is 12.2. The fraction of sp³-hybridized carbons (Fsp3) is 0.786. The Hall–Kier alpha value is -0.830. The van der Waals surface area contributed by atoms with Crippen LogP contribution in [0.1, 0.15) is 38.5 Å². The lowest BCUT2D eigenvalue weighted by Crippen LogP contribution is -2.47. The number of nitrogens with one attached hydrogen (secondary N) is 1. The van der Waals surface area contributed by atoms with Crippen LogP contribution < -0.4 is 5.32 Å². The van der Waals surface area contributed by atoms with Gasteiger partial charge >= 0.3 is 0 Å². The first-order valence-corrected chi connectivity index (χ1v) is 6.91. The van der Waals surface area contributed by atoms with Crippen LogP contribution in [0.25, 0.3) is 0 Å². The number of carbonyl (C=O) groups excluding carboxylic acids is 1. The van der Waals surface area contributed by atoms with Crippen LogP contribution in [-0.2, 0) is 4.79 Å². The van der Waals surface area contributed by atoms with E-state index in [-0.39, 0.29) is 24.0 Å². The van der Waals surface area contributed by atoms with E-state index >= 15 is 0 Å². The highest BCUT2D eigenvalue weighted by Gasteiger charge is 2.40. The Morgan fingerprint density at radius 2 is 2.00 bits per heavy atom. The molecule has 94 valence electrons. The molecule has 2 bridgehead atoms. The third kappa shape index (κ3) is 2.13. The van der Waals surface area contributed by atoms with Crippen LogP contribution in [-0.4, -0.2) is 23.2 Å². The van der Waals surface area contributed by atoms with Crippen molar-refractivity contribution in [2.24, 2.45) is 17.8 Å². The number of aliphatic hydroxyl groups excluding tert-OH is 1. The van der Waals surface area contributed by atoms with E-state index in [9.17, 15) is 9.90 Å². The third-order valence-electron chi connectivity index (χ3n) is 4.67. The first-order valence-electron chi connectivity index (χ1n) is 6.91. The summed E-state index contributed by atoms with van der Waals surface area (Å²) in [6.07, 6.45) is 10.3. The van der Waals surface area contributed by atoms with E-state index in [0.29, 0.717) is 11.8 Å². The number of fused-ring (bicyclic) bond motifs is 2. The fourth-order valence-electron chi connectivity index (χ4n) is 3.65. The van der Waals surface area contributed by atoms with E-state index in [1.165, 1.54) is 0 Å². The van der Waals surface area contributed by atoms with Crippen molar-refractivity contribution in [3.05, 3.63) is 12.2 Å². The zero-order chi connectivity index (χ0) is 11.8. The molecule has 3 nitrogen and oxygen atoms in total. The lowest BCUT2D eigenvalue weighted by atomic mass is 9.89. The molecule has 5 atom stereocenters. The fourth-order valence-corrected chi connectivity index (χ4v) is 3.65. The predicted octanol–water partition coefficient (Wildman–Crippen LogP) is 1.62. The molecule has 2 fully saturated rings. The van der Waals surface area contributed by atoms with Crippen LogP contribution in [0, 0.1) is 17.8 Å². The molecule has 3 rings (SSSR count). The van der Waals surface area contributed by atoms with Crippen molar-refractivity contribution in [3.8, 4) is 0 Å². The first-order chi connectivity index (χ1) is 8.24. The predicted molar refractivity (Wildman–Crippen MR) is 65.2 cm³/mol. The van der Waals surface area contributed by atoms with Gasteiger partial charge in [0.2, 0.25) is 5.91 Å². The van der Waals surface area contributed by atoms with Crippen molar-refractivity contribution in [2.75, 3.05) is 0 Å². The maximum Gasteiger partial charge on any atom is 0.224 e. The SMILES string of the molecule is O=C(N[C@H]1CCCC[C@@H]1O)C1CC2C=CC1C2. The van der Waals surface area contributed by atoms with Gasteiger partial charge in [-0.1, -0.05) is 25.0 Å². The van der Waals surface area contributed by atoms with E-state index in [0.717, 1.165) is 38.5 Å². The molecule has 2 saturated carbocycles. The molecule has 0 radical (unpaired) electrons. The van der Waals surface area contributed by atoms with Gasteiger partial charge in [0.15, 0.2) is 0 Å². The molecule has 3 unspecified atom stereocenters. The number of amides is 1. The molecular weight excluding hydrogens is 214 g/mol. The van der Waals surface area contributed by atoms with Gasteiger partial charge in [0, 0.05) is 5.92 Å². The maximum atomic E-state index is 12.2. The minimum Gasteiger partial charge on any atom is -0.391 e. The molecule has 0 saturated heterocycles. The molecule has 3 aliphatic rings. The number of rotatable bonds is 2. The zero-order valence-corrected chi connectivity index (χ0v) is 10.1. The van der Waals surface area contributed by atoms with Crippen molar-refractivity contribution in [2.45, 2.75) is 50.7 Å². The average Bonchev–Trinajstić information content (AvgIpc) is 2.94. The normalized spacial score (nSPS) is 43.9. The van der Waals surface area contributed by atoms with E-state index < -0.39 is 0 Å². The van der Waals surface area contributed by atoms with Crippen molar-refractivity contribution in [1.82, 2.24) is 5.32 Å². The van der Waals surface area contributed by atoms with Gasteiger partial charge in [-0.25, -0.2) is 0 Å². The van der Waals surface area contributed by atoms with Crippen LogP contribution in [0.2, 0.25) is 0 Å². The lowest BCUT2D eigenvalue weighted by Gasteiger charge is -2.30. The monoisotopic (exact) mass is 235 g/mol. The molecule has 3 heteroatoms. The minimum atomic E-state index is -0.332. The van der Waals surface area contributed by atoms with E-state index in [1.807, 2.05) is 0 Å². The quantitative estimate of drug-likeness (QED) is 0.715. The Morgan fingerprint density at radius 1 is 1.18 bits per heavy atom. The summed E-state index contributed by atoms with van der Waals surface area (Å²) in [5, 5.41) is 12.9. The number of allylic oxidation sites excluding steroid dienone is 2. The average molecular weight is 235 g/mol. The van der Waals surface area contributed by atoms with Gasteiger partial charge in [-0.05, 0) is 37.5 Å². The Kier molecular flexibility index (Phi) is 2.95. The minimum absolute atomic E-state index is 0.000596. The molecule has 0 aromatic rings. The molecule has 0 spiro atoms. The number of hydrogen-bond acceptors (Lipinski definition) is 2. The van der Waals surface area contributed by atoms with Gasteiger partial charge in [-0.3, -0.25) is 4.79 Å². The number of hydrogen-bond donors (Lipinski definition) is 2. The van der Waals surface area contributed by atoms with Gasteiger partial charge in [-0.15, -0.1) is 0 Å². The van der Waals surface area contributed by atoms with Crippen molar-refractivity contribution in [3.63, 3.8) is 0 Å². The molecule has 3 aliphatic carbocycles. The largest absolute Gasteiger partial charge is 0.391 e. The molecule has 0 aromatic heterocycles. The van der Waals surface area contributed by atoms with Gasteiger partial charge in [0.05, 0.1) is 12.1 Å². The van der Waals surface area contributed by atoms with Crippen molar-refractivity contribution >= 4 is 5.91 Å². The second-order valence-corrected chi connectivity index (χ2v) is 5.85. The Balaban J connectivity index is 1.58. The molecule has 0 heterocycles.